The zero-order valence-corrected chi connectivity index (χ0v) is 12.6. The van der Waals surface area contributed by atoms with Crippen molar-refractivity contribution in [2.24, 2.45) is 0 Å². The summed E-state index contributed by atoms with van der Waals surface area (Å²) in [5.41, 5.74) is -0.402. The minimum atomic E-state index is -4.54. The number of alkyl halides is 3. The Hall–Kier alpha value is -2.90. The van der Waals surface area contributed by atoms with Gasteiger partial charge in [0.2, 0.25) is 0 Å². The van der Waals surface area contributed by atoms with Crippen LogP contribution in [0.25, 0.3) is 22.8 Å². The number of carbonyl (C=O) groups is 1. The van der Waals surface area contributed by atoms with E-state index in [0.717, 1.165) is 6.07 Å². The number of imidazole rings is 1. The Labute approximate surface area is 134 Å². The number of aromatic nitrogens is 3. The van der Waals surface area contributed by atoms with Crippen LogP contribution in [0.15, 0.2) is 31.0 Å². The number of halogens is 3. The molecule has 3 aromatic heterocycles. The number of fused-ring (bicyclic) bond motifs is 3. The predicted molar refractivity (Wildman–Crippen MR) is 81.5 cm³/mol. The van der Waals surface area contributed by atoms with E-state index in [0.29, 0.717) is 5.65 Å². The van der Waals surface area contributed by atoms with Crippen LogP contribution in [0.5, 0.6) is 0 Å². The molecule has 3 rings (SSSR count). The van der Waals surface area contributed by atoms with E-state index >= 15 is 0 Å². The highest BCUT2D eigenvalue weighted by atomic mass is 19.4. The van der Waals surface area contributed by atoms with Crippen molar-refractivity contribution in [2.45, 2.75) is 13.1 Å². The van der Waals surface area contributed by atoms with Gasteiger partial charge in [-0.05, 0) is 31.2 Å². The number of rotatable bonds is 3. The molecular formula is C16H12F3N3O2. The lowest BCUT2D eigenvalue weighted by Gasteiger charge is -2.12. The average molecular weight is 335 g/mol. The molecule has 8 heteroatoms. The molecule has 0 amide bonds. The van der Waals surface area contributed by atoms with Crippen molar-refractivity contribution in [1.82, 2.24) is 14.4 Å². The lowest BCUT2D eigenvalue weighted by Crippen LogP contribution is -2.08. The van der Waals surface area contributed by atoms with E-state index in [4.69, 9.17) is 4.74 Å². The average Bonchev–Trinajstić information content (AvgIpc) is 2.97. The van der Waals surface area contributed by atoms with E-state index < -0.39 is 17.7 Å². The van der Waals surface area contributed by atoms with Crippen LogP contribution in [0.2, 0.25) is 0 Å². The molecule has 0 aromatic carbocycles. The van der Waals surface area contributed by atoms with Crippen molar-refractivity contribution in [3.63, 3.8) is 0 Å². The van der Waals surface area contributed by atoms with E-state index in [1.54, 1.807) is 6.92 Å². The molecule has 0 spiro atoms. The fourth-order valence-electron chi connectivity index (χ4n) is 2.39. The number of esters is 1. The molecule has 0 bridgehead atoms. The van der Waals surface area contributed by atoms with Gasteiger partial charge in [-0.2, -0.15) is 13.2 Å². The molecule has 0 aliphatic carbocycles. The van der Waals surface area contributed by atoms with Crippen LogP contribution in [0, 0.1) is 0 Å². The largest absolute Gasteiger partial charge is 0.461 e. The lowest BCUT2D eigenvalue weighted by atomic mass is 10.1. The molecule has 0 unspecified atom stereocenters. The molecule has 5 nitrogen and oxygen atoms in total. The zero-order chi connectivity index (χ0) is 17.5. The molecule has 0 radical (unpaired) electrons. The monoisotopic (exact) mass is 335 g/mol. The maximum Gasteiger partial charge on any atom is 0.417 e. The van der Waals surface area contributed by atoms with Crippen molar-refractivity contribution in [3.8, 4) is 0 Å². The molecule has 0 saturated heterocycles. The van der Waals surface area contributed by atoms with Gasteiger partial charge in [0.05, 0.1) is 17.9 Å². The highest BCUT2D eigenvalue weighted by molar-refractivity contribution is 5.90. The van der Waals surface area contributed by atoms with Gasteiger partial charge < -0.3 is 4.74 Å². The second kappa shape index (κ2) is 5.63. The van der Waals surface area contributed by atoms with Gasteiger partial charge in [-0.3, -0.25) is 4.40 Å². The third-order valence-electron chi connectivity index (χ3n) is 3.42. The van der Waals surface area contributed by atoms with Gasteiger partial charge in [0.25, 0.3) is 0 Å². The van der Waals surface area contributed by atoms with Crippen LogP contribution in [-0.4, -0.2) is 26.9 Å². The summed E-state index contributed by atoms with van der Waals surface area (Å²) in [4.78, 5) is 20.0. The highest BCUT2D eigenvalue weighted by Gasteiger charge is 2.33. The van der Waals surface area contributed by atoms with Crippen molar-refractivity contribution >= 4 is 28.7 Å². The molecule has 0 fully saturated rings. The van der Waals surface area contributed by atoms with Gasteiger partial charge in [0.15, 0.2) is 5.69 Å². The van der Waals surface area contributed by atoms with Crippen molar-refractivity contribution in [3.05, 3.63) is 47.9 Å². The molecule has 124 valence electrons. The molecular weight excluding hydrogens is 323 g/mol. The first kappa shape index (κ1) is 16.0. The maximum atomic E-state index is 13.3. The van der Waals surface area contributed by atoms with Gasteiger partial charge in [-0.1, -0.05) is 6.58 Å². The molecule has 3 aromatic rings. The predicted octanol–water partition coefficient (Wildman–Crippen LogP) is 3.72. The van der Waals surface area contributed by atoms with Crippen molar-refractivity contribution in [1.29, 1.82) is 0 Å². The number of hydrogen-bond donors (Lipinski definition) is 0. The summed E-state index contributed by atoms with van der Waals surface area (Å²) in [7, 11) is 0. The fourth-order valence-corrected chi connectivity index (χ4v) is 2.39. The molecule has 0 aliphatic heterocycles. The minimum absolute atomic E-state index is 0.00344. The number of hydrogen-bond acceptors (Lipinski definition) is 4. The van der Waals surface area contributed by atoms with Crippen molar-refractivity contribution < 1.29 is 22.7 Å². The quantitative estimate of drug-likeness (QED) is 0.685. The Morgan fingerprint density at radius 1 is 1.38 bits per heavy atom. The zero-order valence-electron chi connectivity index (χ0n) is 12.6. The number of carbonyl (C=O) groups excluding carboxylic acids is 1. The van der Waals surface area contributed by atoms with Crippen LogP contribution in [0.1, 0.15) is 28.7 Å². The molecule has 0 aliphatic rings. The van der Waals surface area contributed by atoms with Crippen LogP contribution >= 0.6 is 0 Å². The Balaban J connectivity index is 2.34. The van der Waals surface area contributed by atoms with Crippen LogP contribution in [0.3, 0.4) is 0 Å². The number of pyridine rings is 2. The van der Waals surface area contributed by atoms with E-state index in [-0.39, 0.29) is 29.0 Å². The summed E-state index contributed by atoms with van der Waals surface area (Å²) in [6.45, 7) is 5.29. The Kier molecular flexibility index (Phi) is 3.75. The van der Waals surface area contributed by atoms with Gasteiger partial charge in [0, 0.05) is 11.6 Å². The van der Waals surface area contributed by atoms with Crippen LogP contribution < -0.4 is 0 Å². The first-order chi connectivity index (χ1) is 11.3. The standard InChI is InChI=1S/C16H12F3N3O2/c1-3-9-7-11(16(17,18)19)10-5-6-13-21-12(15(23)24-4-2)8-22(13)14(10)20-9/h3,5-8H,1,4H2,2H3. The third-order valence-corrected chi connectivity index (χ3v) is 3.42. The van der Waals surface area contributed by atoms with Gasteiger partial charge in [-0.25, -0.2) is 14.8 Å². The SMILES string of the molecule is C=Cc1cc(C(F)(F)F)c2ccc3nc(C(=O)OCC)cn3c2n1. The Morgan fingerprint density at radius 3 is 2.75 bits per heavy atom. The first-order valence-corrected chi connectivity index (χ1v) is 7.04. The number of ether oxygens (including phenoxy) is 1. The molecule has 0 saturated carbocycles. The Bertz CT molecular complexity index is 960. The third kappa shape index (κ3) is 2.60. The summed E-state index contributed by atoms with van der Waals surface area (Å²) in [5.74, 6) is -0.648. The summed E-state index contributed by atoms with van der Waals surface area (Å²) in [6, 6.07) is 3.62. The second-order valence-corrected chi connectivity index (χ2v) is 4.94. The minimum Gasteiger partial charge on any atom is -0.461 e. The van der Waals surface area contributed by atoms with Gasteiger partial charge in [-0.15, -0.1) is 0 Å². The summed E-state index contributed by atoms with van der Waals surface area (Å²) < 4.78 is 46.1. The van der Waals surface area contributed by atoms with E-state index in [1.165, 1.54) is 28.8 Å². The normalized spacial score (nSPS) is 11.8. The van der Waals surface area contributed by atoms with Crippen LogP contribution in [0.4, 0.5) is 13.2 Å². The second-order valence-electron chi connectivity index (χ2n) is 4.94. The van der Waals surface area contributed by atoms with Gasteiger partial charge in [0.1, 0.15) is 11.3 Å². The van der Waals surface area contributed by atoms with Crippen molar-refractivity contribution in [2.75, 3.05) is 6.61 Å². The van der Waals surface area contributed by atoms with Crippen LogP contribution in [-0.2, 0) is 10.9 Å². The molecule has 24 heavy (non-hydrogen) atoms. The topological polar surface area (TPSA) is 56.5 Å². The van der Waals surface area contributed by atoms with Gasteiger partial charge >= 0.3 is 12.1 Å². The smallest absolute Gasteiger partial charge is 0.417 e. The molecule has 0 N–H and O–H groups in total. The van der Waals surface area contributed by atoms with E-state index in [1.807, 2.05) is 0 Å². The summed E-state index contributed by atoms with van der Waals surface area (Å²) >= 11 is 0. The fraction of sp³-hybridized carbons (Fsp3) is 0.188. The number of nitrogens with zero attached hydrogens (tertiary/aromatic N) is 3. The van der Waals surface area contributed by atoms with E-state index in [2.05, 4.69) is 16.5 Å². The van der Waals surface area contributed by atoms with E-state index in [9.17, 15) is 18.0 Å². The highest BCUT2D eigenvalue weighted by Crippen LogP contribution is 2.35. The first-order valence-electron chi connectivity index (χ1n) is 7.04. The maximum absolute atomic E-state index is 13.3. The molecule has 0 atom stereocenters. The molecule has 3 heterocycles. The Morgan fingerprint density at radius 2 is 2.12 bits per heavy atom. The lowest BCUT2D eigenvalue weighted by molar-refractivity contribution is -0.136. The summed E-state index contributed by atoms with van der Waals surface area (Å²) in [5, 5.41) is -0.0894. The summed E-state index contributed by atoms with van der Waals surface area (Å²) in [6.07, 6.45) is -2.00.